The van der Waals surface area contributed by atoms with Gasteiger partial charge in [0.1, 0.15) is 12.6 Å². The molecule has 2 aromatic rings. The average Bonchev–Trinajstić information content (AvgIpc) is 2.65. The summed E-state index contributed by atoms with van der Waals surface area (Å²) in [6, 6.07) is 16.3. The van der Waals surface area contributed by atoms with E-state index in [-0.39, 0.29) is 24.4 Å². The molecule has 25 heavy (non-hydrogen) atoms. The normalized spacial score (nSPS) is 16.5. The van der Waals surface area contributed by atoms with E-state index in [1.165, 1.54) is 0 Å². The fraction of sp³-hybridized carbons (Fsp3) is 0.316. The van der Waals surface area contributed by atoms with Crippen LogP contribution in [-0.4, -0.2) is 36.6 Å². The fourth-order valence-corrected chi connectivity index (χ4v) is 2.77. The van der Waals surface area contributed by atoms with Crippen LogP contribution in [0.15, 0.2) is 54.6 Å². The van der Waals surface area contributed by atoms with Crippen molar-refractivity contribution in [1.82, 2.24) is 4.90 Å². The number of nitrogens with zero attached hydrogens (tertiary/aromatic N) is 1. The number of carbonyl (C=O) groups excluding carboxylic acids is 1. The molecule has 2 N–H and O–H groups in total. The highest BCUT2D eigenvalue weighted by Crippen LogP contribution is 2.31. The zero-order valence-electron chi connectivity index (χ0n) is 14.1. The summed E-state index contributed by atoms with van der Waals surface area (Å²) < 4.78 is 11.7. The number of benzene rings is 2. The number of para-hydroxylation sites is 2. The third-order valence-corrected chi connectivity index (χ3v) is 4.11. The number of hydrogen-bond donors (Lipinski definition) is 1. The Morgan fingerprint density at radius 2 is 1.80 bits per heavy atom. The summed E-state index contributed by atoms with van der Waals surface area (Å²) in [5.41, 5.74) is 6.95. The Morgan fingerprint density at radius 3 is 2.48 bits per heavy atom. The van der Waals surface area contributed by atoms with Gasteiger partial charge in [-0.15, -0.1) is 12.4 Å². The number of fused-ring (bicyclic) bond motifs is 1. The Balaban J connectivity index is 0.00000225. The number of ether oxygens (including phenoxy) is 2. The van der Waals surface area contributed by atoms with E-state index >= 15 is 0 Å². The van der Waals surface area contributed by atoms with Gasteiger partial charge in [0, 0.05) is 6.54 Å². The summed E-state index contributed by atoms with van der Waals surface area (Å²) in [7, 11) is 0. The molecule has 1 heterocycles. The van der Waals surface area contributed by atoms with E-state index in [9.17, 15) is 4.79 Å². The SMILES string of the molecule is CCN(CC1COc2ccccc2O1)C(=O)C(N)c1ccccc1.Cl. The van der Waals surface area contributed by atoms with Crippen LogP contribution < -0.4 is 15.2 Å². The predicted molar refractivity (Wildman–Crippen MR) is 99.2 cm³/mol. The van der Waals surface area contributed by atoms with Crippen molar-refractivity contribution in [2.75, 3.05) is 19.7 Å². The van der Waals surface area contributed by atoms with Gasteiger partial charge in [-0.1, -0.05) is 42.5 Å². The average molecular weight is 363 g/mol. The van der Waals surface area contributed by atoms with Crippen LogP contribution in [0.5, 0.6) is 11.5 Å². The van der Waals surface area contributed by atoms with Crippen molar-refractivity contribution in [1.29, 1.82) is 0 Å². The van der Waals surface area contributed by atoms with E-state index in [1.807, 2.05) is 61.5 Å². The number of carbonyl (C=O) groups is 1. The Hall–Kier alpha value is -2.24. The third-order valence-electron chi connectivity index (χ3n) is 4.11. The van der Waals surface area contributed by atoms with Crippen molar-refractivity contribution < 1.29 is 14.3 Å². The van der Waals surface area contributed by atoms with Crippen molar-refractivity contribution in [3.63, 3.8) is 0 Å². The summed E-state index contributed by atoms with van der Waals surface area (Å²) in [4.78, 5) is 14.4. The summed E-state index contributed by atoms with van der Waals surface area (Å²) in [5, 5.41) is 0. The molecule has 0 aliphatic carbocycles. The predicted octanol–water partition coefficient (Wildman–Crippen LogP) is 2.80. The lowest BCUT2D eigenvalue weighted by molar-refractivity contribution is -0.134. The van der Waals surface area contributed by atoms with Crippen LogP contribution in [0.1, 0.15) is 18.5 Å². The molecular weight excluding hydrogens is 340 g/mol. The van der Waals surface area contributed by atoms with Crippen molar-refractivity contribution in [3.05, 3.63) is 60.2 Å². The molecule has 0 spiro atoms. The van der Waals surface area contributed by atoms with Crippen LogP contribution in [0.4, 0.5) is 0 Å². The Morgan fingerprint density at radius 1 is 1.16 bits per heavy atom. The van der Waals surface area contributed by atoms with Crippen molar-refractivity contribution in [3.8, 4) is 11.5 Å². The molecule has 0 radical (unpaired) electrons. The van der Waals surface area contributed by atoms with Gasteiger partial charge >= 0.3 is 0 Å². The van der Waals surface area contributed by atoms with E-state index in [4.69, 9.17) is 15.2 Å². The van der Waals surface area contributed by atoms with E-state index in [1.54, 1.807) is 4.90 Å². The first-order valence-electron chi connectivity index (χ1n) is 8.17. The maximum Gasteiger partial charge on any atom is 0.244 e. The van der Waals surface area contributed by atoms with Gasteiger partial charge in [0.15, 0.2) is 17.6 Å². The molecule has 2 aromatic carbocycles. The number of likely N-dealkylation sites (N-methyl/N-ethyl adjacent to an activating group) is 1. The number of halogens is 1. The van der Waals surface area contributed by atoms with Crippen LogP contribution in [-0.2, 0) is 4.79 Å². The maximum atomic E-state index is 12.7. The molecule has 0 bridgehead atoms. The lowest BCUT2D eigenvalue weighted by Gasteiger charge is -2.32. The molecule has 0 aromatic heterocycles. The van der Waals surface area contributed by atoms with Gasteiger partial charge < -0.3 is 20.1 Å². The van der Waals surface area contributed by atoms with Crippen LogP contribution in [0.3, 0.4) is 0 Å². The highest BCUT2D eigenvalue weighted by atomic mass is 35.5. The van der Waals surface area contributed by atoms with Gasteiger partial charge in [-0.05, 0) is 24.6 Å². The zero-order valence-corrected chi connectivity index (χ0v) is 14.9. The molecule has 1 aliphatic heterocycles. The minimum atomic E-state index is -0.664. The summed E-state index contributed by atoms with van der Waals surface area (Å²) >= 11 is 0. The van der Waals surface area contributed by atoms with Gasteiger partial charge in [-0.3, -0.25) is 4.79 Å². The monoisotopic (exact) mass is 362 g/mol. The summed E-state index contributed by atoms with van der Waals surface area (Å²) in [5.74, 6) is 1.35. The Kier molecular flexibility index (Phi) is 6.67. The molecule has 2 atom stereocenters. The second-order valence-corrected chi connectivity index (χ2v) is 5.76. The summed E-state index contributed by atoms with van der Waals surface area (Å²) in [6.07, 6.45) is -0.202. The molecule has 1 aliphatic rings. The van der Waals surface area contributed by atoms with Gasteiger partial charge in [-0.25, -0.2) is 0 Å². The van der Waals surface area contributed by atoms with E-state index in [0.29, 0.717) is 25.4 Å². The number of amides is 1. The minimum Gasteiger partial charge on any atom is -0.486 e. The van der Waals surface area contributed by atoms with Gasteiger partial charge in [-0.2, -0.15) is 0 Å². The molecule has 0 saturated carbocycles. The fourth-order valence-electron chi connectivity index (χ4n) is 2.77. The van der Waals surface area contributed by atoms with Crippen LogP contribution in [0.25, 0.3) is 0 Å². The highest BCUT2D eigenvalue weighted by molar-refractivity contribution is 5.85. The van der Waals surface area contributed by atoms with Gasteiger partial charge in [0.05, 0.1) is 6.54 Å². The minimum absolute atomic E-state index is 0. The first kappa shape index (κ1) is 19.1. The maximum absolute atomic E-state index is 12.7. The van der Waals surface area contributed by atoms with Crippen LogP contribution >= 0.6 is 12.4 Å². The zero-order chi connectivity index (χ0) is 16.9. The summed E-state index contributed by atoms with van der Waals surface area (Å²) in [6.45, 7) is 3.37. The molecule has 0 saturated heterocycles. The second kappa shape index (κ2) is 8.74. The van der Waals surface area contributed by atoms with E-state index in [2.05, 4.69) is 0 Å². The Bertz CT molecular complexity index is 696. The van der Waals surface area contributed by atoms with Crippen molar-refractivity contribution >= 4 is 18.3 Å². The molecule has 5 nitrogen and oxygen atoms in total. The van der Waals surface area contributed by atoms with E-state index in [0.717, 1.165) is 11.3 Å². The smallest absolute Gasteiger partial charge is 0.244 e. The molecule has 6 heteroatoms. The molecule has 0 fully saturated rings. The molecular formula is C19H23ClN2O3. The number of rotatable bonds is 5. The lowest BCUT2D eigenvalue weighted by Crippen LogP contribution is -2.46. The molecule has 134 valence electrons. The van der Waals surface area contributed by atoms with E-state index < -0.39 is 6.04 Å². The molecule has 1 amide bonds. The first-order valence-corrected chi connectivity index (χ1v) is 8.17. The van der Waals surface area contributed by atoms with Crippen LogP contribution in [0, 0.1) is 0 Å². The third kappa shape index (κ3) is 4.44. The number of hydrogen-bond acceptors (Lipinski definition) is 4. The van der Waals surface area contributed by atoms with Gasteiger partial charge in [0.2, 0.25) is 5.91 Å². The van der Waals surface area contributed by atoms with Gasteiger partial charge in [0.25, 0.3) is 0 Å². The quantitative estimate of drug-likeness (QED) is 0.888. The van der Waals surface area contributed by atoms with Crippen LogP contribution in [0.2, 0.25) is 0 Å². The molecule has 3 rings (SSSR count). The number of nitrogens with two attached hydrogens (primary N) is 1. The highest BCUT2D eigenvalue weighted by Gasteiger charge is 2.27. The Labute approximate surface area is 154 Å². The van der Waals surface area contributed by atoms with Crippen molar-refractivity contribution in [2.24, 2.45) is 5.73 Å². The first-order chi connectivity index (χ1) is 11.7. The lowest BCUT2D eigenvalue weighted by atomic mass is 10.1. The van der Waals surface area contributed by atoms with Crippen molar-refractivity contribution in [2.45, 2.75) is 19.1 Å². The molecule has 2 unspecified atom stereocenters. The topological polar surface area (TPSA) is 64.8 Å². The second-order valence-electron chi connectivity index (χ2n) is 5.76. The standard InChI is InChI=1S/C19H22N2O3.ClH/c1-2-21(19(22)18(20)14-8-4-3-5-9-14)12-15-13-23-16-10-6-7-11-17(16)24-15;/h3-11,15,18H,2,12-13,20H2,1H3;1H. The largest absolute Gasteiger partial charge is 0.486 e.